The first-order valence-electron chi connectivity index (χ1n) is 6.88. The molecular weight excluding hydrogens is 306 g/mol. The molecule has 116 valence electrons. The Hall–Kier alpha value is -2.09. The van der Waals surface area contributed by atoms with Crippen molar-refractivity contribution in [2.75, 3.05) is 26.0 Å². The van der Waals surface area contributed by atoms with Gasteiger partial charge in [0.25, 0.3) is 11.1 Å². The predicted molar refractivity (Wildman–Crippen MR) is 79.8 cm³/mol. The van der Waals surface area contributed by atoms with Crippen molar-refractivity contribution in [3.8, 4) is 5.88 Å². The van der Waals surface area contributed by atoms with Crippen LogP contribution >= 0.6 is 11.8 Å². The van der Waals surface area contributed by atoms with E-state index in [4.69, 9.17) is 4.74 Å². The highest BCUT2D eigenvalue weighted by Crippen LogP contribution is 2.26. The first kappa shape index (κ1) is 14.8. The van der Waals surface area contributed by atoms with E-state index in [1.807, 2.05) is 0 Å². The summed E-state index contributed by atoms with van der Waals surface area (Å²) in [5.41, 5.74) is 0.468. The van der Waals surface area contributed by atoms with Gasteiger partial charge in [0, 0.05) is 25.4 Å². The third kappa shape index (κ3) is 2.66. The number of likely N-dealkylation sites (tertiary alicyclic amines) is 1. The van der Waals surface area contributed by atoms with Crippen LogP contribution in [0.5, 0.6) is 5.88 Å². The number of hydrogen-bond acceptors (Lipinski definition) is 6. The van der Waals surface area contributed by atoms with E-state index < -0.39 is 0 Å². The van der Waals surface area contributed by atoms with E-state index in [1.54, 1.807) is 17.0 Å². The molecule has 3 heterocycles. The molecule has 1 aromatic rings. The normalized spacial score (nSPS) is 21.6. The highest BCUT2D eigenvalue weighted by atomic mass is 32.2. The van der Waals surface area contributed by atoms with Gasteiger partial charge in [-0.1, -0.05) is 11.8 Å². The second kappa shape index (κ2) is 5.96. The van der Waals surface area contributed by atoms with Crippen LogP contribution in [0, 0.1) is 0 Å². The molecule has 7 nitrogen and oxygen atoms in total. The minimum absolute atomic E-state index is 0.149. The highest BCUT2D eigenvalue weighted by Gasteiger charge is 2.40. The number of hydrogen-bond donors (Lipinski definition) is 0. The summed E-state index contributed by atoms with van der Waals surface area (Å²) >= 11 is 1.02. The zero-order chi connectivity index (χ0) is 15.7. The highest BCUT2D eigenvalue weighted by molar-refractivity contribution is 8.14. The molecule has 0 bridgehead atoms. The van der Waals surface area contributed by atoms with Gasteiger partial charge in [0.2, 0.25) is 11.8 Å². The Morgan fingerprint density at radius 2 is 2.23 bits per heavy atom. The molecule has 0 radical (unpaired) electrons. The molecule has 1 atom stereocenters. The van der Waals surface area contributed by atoms with Crippen molar-refractivity contribution in [1.82, 2.24) is 14.8 Å². The maximum absolute atomic E-state index is 12.4. The number of carbonyl (C=O) groups excluding carboxylic acids is 3. The molecule has 3 rings (SSSR count). The standard InChI is InChI=1S/C14H15N3O4S/c1-21-11-3-2-9(6-15-11)13(19)16-5-4-10(7-16)17-12(18)8-22-14(17)20/h2-3,6,10H,4-5,7-8H2,1H3. The van der Waals surface area contributed by atoms with Crippen molar-refractivity contribution in [1.29, 1.82) is 0 Å². The van der Waals surface area contributed by atoms with Crippen molar-refractivity contribution in [3.05, 3.63) is 23.9 Å². The van der Waals surface area contributed by atoms with Crippen LogP contribution in [0.15, 0.2) is 18.3 Å². The van der Waals surface area contributed by atoms with Gasteiger partial charge in [-0.3, -0.25) is 19.3 Å². The molecule has 2 saturated heterocycles. The lowest BCUT2D eigenvalue weighted by Gasteiger charge is -2.21. The molecule has 2 aliphatic heterocycles. The zero-order valence-corrected chi connectivity index (χ0v) is 12.8. The van der Waals surface area contributed by atoms with Gasteiger partial charge < -0.3 is 9.64 Å². The van der Waals surface area contributed by atoms with Crippen molar-refractivity contribution in [2.45, 2.75) is 12.5 Å². The average Bonchev–Trinajstić information content (AvgIpc) is 3.13. The van der Waals surface area contributed by atoms with E-state index in [0.29, 0.717) is 31.0 Å². The van der Waals surface area contributed by atoms with Crippen LogP contribution in [0.1, 0.15) is 16.8 Å². The molecule has 0 saturated carbocycles. The van der Waals surface area contributed by atoms with E-state index >= 15 is 0 Å². The lowest BCUT2D eigenvalue weighted by molar-refractivity contribution is -0.126. The van der Waals surface area contributed by atoms with Crippen LogP contribution in [0.2, 0.25) is 0 Å². The van der Waals surface area contributed by atoms with Crippen molar-refractivity contribution < 1.29 is 19.1 Å². The fourth-order valence-corrected chi connectivity index (χ4v) is 3.44. The van der Waals surface area contributed by atoms with Gasteiger partial charge in [-0.2, -0.15) is 0 Å². The minimum atomic E-state index is -0.217. The van der Waals surface area contributed by atoms with E-state index in [-0.39, 0.29) is 28.8 Å². The topological polar surface area (TPSA) is 79.8 Å². The van der Waals surface area contributed by atoms with Gasteiger partial charge >= 0.3 is 0 Å². The van der Waals surface area contributed by atoms with Crippen LogP contribution < -0.4 is 4.74 Å². The zero-order valence-electron chi connectivity index (χ0n) is 12.0. The van der Waals surface area contributed by atoms with Gasteiger partial charge in [0.1, 0.15) is 0 Å². The number of carbonyl (C=O) groups is 3. The van der Waals surface area contributed by atoms with Crippen LogP contribution in [0.4, 0.5) is 4.79 Å². The Morgan fingerprint density at radius 1 is 1.41 bits per heavy atom. The number of rotatable bonds is 3. The van der Waals surface area contributed by atoms with Crippen LogP contribution in [-0.4, -0.2) is 63.8 Å². The largest absolute Gasteiger partial charge is 0.481 e. The number of aromatic nitrogens is 1. The van der Waals surface area contributed by atoms with Crippen molar-refractivity contribution >= 4 is 28.8 Å². The quantitative estimate of drug-likeness (QED) is 0.826. The average molecular weight is 321 g/mol. The molecule has 22 heavy (non-hydrogen) atoms. The van der Waals surface area contributed by atoms with Crippen molar-refractivity contribution in [3.63, 3.8) is 0 Å². The van der Waals surface area contributed by atoms with Gasteiger partial charge in [0.05, 0.1) is 24.5 Å². The third-order valence-corrected chi connectivity index (χ3v) is 4.63. The lowest BCUT2D eigenvalue weighted by Crippen LogP contribution is -2.41. The summed E-state index contributed by atoms with van der Waals surface area (Å²) in [5, 5.41) is -0.213. The Bertz CT molecular complexity index is 603. The second-order valence-electron chi connectivity index (χ2n) is 5.10. The molecule has 0 aliphatic carbocycles. The van der Waals surface area contributed by atoms with Gasteiger partial charge in [-0.15, -0.1) is 0 Å². The Balaban J connectivity index is 1.67. The Morgan fingerprint density at radius 3 is 2.82 bits per heavy atom. The fraction of sp³-hybridized carbons (Fsp3) is 0.429. The van der Waals surface area contributed by atoms with Crippen LogP contribution in [-0.2, 0) is 4.79 Å². The maximum Gasteiger partial charge on any atom is 0.289 e. The summed E-state index contributed by atoms with van der Waals surface area (Å²) in [6.45, 7) is 0.903. The summed E-state index contributed by atoms with van der Waals surface area (Å²) in [5.74, 6) is 0.331. The van der Waals surface area contributed by atoms with E-state index in [9.17, 15) is 14.4 Å². The number of pyridine rings is 1. The second-order valence-corrected chi connectivity index (χ2v) is 6.03. The molecule has 3 amide bonds. The number of methoxy groups -OCH3 is 1. The molecule has 0 N–H and O–H groups in total. The number of nitrogens with zero attached hydrogens (tertiary/aromatic N) is 3. The molecule has 0 spiro atoms. The van der Waals surface area contributed by atoms with Crippen molar-refractivity contribution in [2.24, 2.45) is 0 Å². The number of imide groups is 1. The molecular formula is C14H15N3O4S. The first-order valence-corrected chi connectivity index (χ1v) is 7.87. The summed E-state index contributed by atoms with van der Waals surface area (Å²) in [7, 11) is 1.51. The van der Waals surface area contributed by atoms with E-state index in [2.05, 4.69) is 4.98 Å². The first-order chi connectivity index (χ1) is 10.6. The third-order valence-electron chi connectivity index (χ3n) is 3.79. The summed E-state index contributed by atoms with van der Waals surface area (Å²) in [4.78, 5) is 42.9. The molecule has 2 aliphatic rings. The molecule has 1 aromatic heterocycles. The fourth-order valence-electron chi connectivity index (χ4n) is 2.66. The monoisotopic (exact) mass is 321 g/mol. The maximum atomic E-state index is 12.4. The van der Waals surface area contributed by atoms with Crippen LogP contribution in [0.3, 0.4) is 0 Å². The summed E-state index contributed by atoms with van der Waals surface area (Å²) in [6.07, 6.45) is 2.09. The lowest BCUT2D eigenvalue weighted by atomic mass is 10.2. The van der Waals surface area contributed by atoms with Gasteiger partial charge in [-0.05, 0) is 12.5 Å². The molecule has 1 unspecified atom stereocenters. The minimum Gasteiger partial charge on any atom is -0.481 e. The predicted octanol–water partition coefficient (Wildman–Crippen LogP) is 1.00. The Labute approximate surface area is 131 Å². The molecule has 2 fully saturated rings. The van der Waals surface area contributed by atoms with Gasteiger partial charge in [0.15, 0.2) is 0 Å². The number of thioether (sulfide) groups is 1. The van der Waals surface area contributed by atoms with Crippen LogP contribution in [0.25, 0.3) is 0 Å². The van der Waals surface area contributed by atoms with E-state index in [0.717, 1.165) is 11.8 Å². The summed E-state index contributed by atoms with van der Waals surface area (Å²) in [6, 6.07) is 3.07. The van der Waals surface area contributed by atoms with E-state index in [1.165, 1.54) is 18.2 Å². The number of amides is 3. The molecule has 8 heteroatoms. The van der Waals surface area contributed by atoms with Gasteiger partial charge in [-0.25, -0.2) is 4.98 Å². The smallest absolute Gasteiger partial charge is 0.289 e. The number of ether oxygens (including phenoxy) is 1. The summed E-state index contributed by atoms with van der Waals surface area (Å²) < 4.78 is 4.96. The Kier molecular flexibility index (Phi) is 4.02. The molecule has 0 aromatic carbocycles. The SMILES string of the molecule is COc1ccc(C(=O)N2CCC(N3C(=O)CSC3=O)C2)cn1.